The van der Waals surface area contributed by atoms with Gasteiger partial charge in [0.25, 0.3) is 5.91 Å². The van der Waals surface area contributed by atoms with Crippen LogP contribution in [0.5, 0.6) is 5.75 Å². The highest BCUT2D eigenvalue weighted by Crippen LogP contribution is 2.26. The Morgan fingerprint density at radius 2 is 2.03 bits per heavy atom. The van der Waals surface area contributed by atoms with E-state index in [0.717, 1.165) is 55.2 Å². The van der Waals surface area contributed by atoms with Crippen molar-refractivity contribution in [1.82, 2.24) is 20.2 Å². The number of carbonyl (C=O) groups excluding carboxylic acids is 1. The van der Waals surface area contributed by atoms with Gasteiger partial charge < -0.3 is 10.1 Å². The van der Waals surface area contributed by atoms with Crippen molar-refractivity contribution in [2.75, 3.05) is 20.2 Å². The molecule has 2 aromatic carbocycles. The Morgan fingerprint density at radius 1 is 1.21 bits per heavy atom. The van der Waals surface area contributed by atoms with Crippen LogP contribution in [0.4, 0.5) is 4.39 Å². The Labute approximate surface area is 193 Å². The summed E-state index contributed by atoms with van der Waals surface area (Å²) in [5, 5.41) is 2.94. The number of halogens is 1. The molecular weight excluding hydrogens is 419 g/mol. The summed E-state index contributed by atoms with van der Waals surface area (Å²) in [6.07, 6.45) is 3.70. The summed E-state index contributed by atoms with van der Waals surface area (Å²) >= 11 is 0. The first-order valence-corrected chi connectivity index (χ1v) is 11.2. The van der Waals surface area contributed by atoms with Gasteiger partial charge in [-0.15, -0.1) is 0 Å². The predicted molar refractivity (Wildman–Crippen MR) is 125 cm³/mol. The minimum atomic E-state index is -0.216. The number of piperidine rings is 1. The van der Waals surface area contributed by atoms with E-state index in [1.807, 2.05) is 43.3 Å². The number of carbonyl (C=O) groups is 1. The Morgan fingerprint density at radius 3 is 2.79 bits per heavy atom. The van der Waals surface area contributed by atoms with Gasteiger partial charge in [0.1, 0.15) is 17.4 Å². The number of nitrogens with zero attached hydrogens (tertiary/aromatic N) is 3. The molecule has 0 radical (unpaired) electrons. The topological polar surface area (TPSA) is 67.3 Å². The second-order valence-corrected chi connectivity index (χ2v) is 8.46. The maximum absolute atomic E-state index is 13.2. The zero-order valence-electron chi connectivity index (χ0n) is 19.1. The molecule has 6 nitrogen and oxygen atoms in total. The molecule has 172 valence electrons. The fourth-order valence-electron chi connectivity index (χ4n) is 4.22. The molecule has 1 aliphatic heterocycles. The number of amides is 1. The summed E-state index contributed by atoms with van der Waals surface area (Å²) < 4.78 is 18.4. The second kappa shape index (κ2) is 10.5. The van der Waals surface area contributed by atoms with Gasteiger partial charge in [-0.25, -0.2) is 14.4 Å². The fraction of sp³-hybridized carbons (Fsp3) is 0.346. The molecular formula is C26H29FN4O2. The lowest BCUT2D eigenvalue weighted by atomic mass is 9.96. The lowest BCUT2D eigenvalue weighted by molar-refractivity contribution is 0.0949. The molecule has 1 atom stereocenters. The molecule has 3 aromatic rings. The van der Waals surface area contributed by atoms with Crippen LogP contribution in [-0.4, -0.2) is 41.0 Å². The van der Waals surface area contributed by atoms with Crippen molar-refractivity contribution in [2.24, 2.45) is 0 Å². The van der Waals surface area contributed by atoms with E-state index in [1.54, 1.807) is 13.3 Å². The van der Waals surface area contributed by atoms with E-state index in [-0.39, 0.29) is 17.6 Å². The van der Waals surface area contributed by atoms with Crippen molar-refractivity contribution in [3.63, 3.8) is 0 Å². The molecule has 0 spiro atoms. The molecule has 4 rings (SSSR count). The largest absolute Gasteiger partial charge is 0.497 e. The van der Waals surface area contributed by atoms with Gasteiger partial charge in [-0.2, -0.15) is 0 Å². The van der Waals surface area contributed by atoms with Gasteiger partial charge in [0.05, 0.1) is 18.4 Å². The van der Waals surface area contributed by atoms with Gasteiger partial charge in [-0.3, -0.25) is 9.69 Å². The number of aryl methyl sites for hydroxylation is 1. The average molecular weight is 449 g/mol. The van der Waals surface area contributed by atoms with Crippen LogP contribution >= 0.6 is 0 Å². The number of likely N-dealkylation sites (tertiary alicyclic amines) is 1. The molecule has 2 heterocycles. The molecule has 1 aromatic heterocycles. The summed E-state index contributed by atoms with van der Waals surface area (Å²) in [5.41, 5.74) is 3.22. The third-order valence-electron chi connectivity index (χ3n) is 6.02. The normalized spacial score (nSPS) is 16.4. The van der Waals surface area contributed by atoms with Crippen LogP contribution < -0.4 is 10.1 Å². The monoisotopic (exact) mass is 448 g/mol. The molecule has 1 N–H and O–H groups in total. The zero-order valence-corrected chi connectivity index (χ0v) is 19.1. The molecule has 33 heavy (non-hydrogen) atoms. The standard InChI is InChI=1S/C26H29FN4O2/c1-18-24(26(32)29-14-20-5-3-7-23(13-20)33-2)15-28-25(30-18)21-6-4-12-31(17-21)16-19-8-10-22(27)11-9-19/h3,5,7-11,13,15,21H,4,6,12,14,16-17H2,1-2H3,(H,29,32)/t21-/m0/s1. The summed E-state index contributed by atoms with van der Waals surface area (Å²) in [6, 6.07) is 14.3. The first-order valence-electron chi connectivity index (χ1n) is 11.2. The van der Waals surface area contributed by atoms with Crippen LogP contribution in [-0.2, 0) is 13.1 Å². The molecule has 0 aliphatic carbocycles. The van der Waals surface area contributed by atoms with E-state index in [0.29, 0.717) is 17.8 Å². The highest BCUT2D eigenvalue weighted by atomic mass is 19.1. The highest BCUT2D eigenvalue weighted by molar-refractivity contribution is 5.94. The maximum Gasteiger partial charge on any atom is 0.254 e. The van der Waals surface area contributed by atoms with Crippen molar-refractivity contribution in [2.45, 2.75) is 38.8 Å². The SMILES string of the molecule is COc1cccc(CNC(=O)c2cnc([C@H]3CCCN(Cc4ccc(F)cc4)C3)nc2C)c1. The zero-order chi connectivity index (χ0) is 23.2. The van der Waals surface area contributed by atoms with Crippen LogP contribution in [0.2, 0.25) is 0 Å². The lowest BCUT2D eigenvalue weighted by Crippen LogP contribution is -2.34. The molecule has 0 unspecified atom stereocenters. The Kier molecular flexibility index (Phi) is 7.29. The predicted octanol–water partition coefficient (Wildman–Crippen LogP) is 4.24. The van der Waals surface area contributed by atoms with Crippen molar-refractivity contribution in [3.05, 3.63) is 88.8 Å². The van der Waals surface area contributed by atoms with E-state index >= 15 is 0 Å². The number of ether oxygens (including phenoxy) is 1. The van der Waals surface area contributed by atoms with E-state index in [9.17, 15) is 9.18 Å². The number of rotatable bonds is 7. The molecule has 1 aliphatic rings. The number of benzene rings is 2. The Hall–Kier alpha value is -3.32. The number of hydrogen-bond donors (Lipinski definition) is 1. The number of nitrogens with one attached hydrogen (secondary N) is 1. The van der Waals surface area contributed by atoms with E-state index in [1.165, 1.54) is 12.1 Å². The molecule has 0 bridgehead atoms. The minimum absolute atomic E-state index is 0.191. The third kappa shape index (κ3) is 5.93. The van der Waals surface area contributed by atoms with E-state index in [4.69, 9.17) is 4.74 Å². The van der Waals surface area contributed by atoms with Crippen molar-refractivity contribution >= 4 is 5.91 Å². The summed E-state index contributed by atoms with van der Waals surface area (Å²) in [6.45, 7) is 4.87. The Bertz CT molecular complexity index is 1100. The van der Waals surface area contributed by atoms with Gasteiger partial charge in [0, 0.05) is 31.7 Å². The molecule has 7 heteroatoms. The number of aromatic nitrogens is 2. The number of methoxy groups -OCH3 is 1. The highest BCUT2D eigenvalue weighted by Gasteiger charge is 2.24. The quantitative estimate of drug-likeness (QED) is 0.586. The van der Waals surface area contributed by atoms with E-state index in [2.05, 4.69) is 20.2 Å². The van der Waals surface area contributed by atoms with Crippen molar-refractivity contribution < 1.29 is 13.9 Å². The fourth-order valence-corrected chi connectivity index (χ4v) is 4.22. The van der Waals surface area contributed by atoms with Crippen molar-refractivity contribution in [3.8, 4) is 5.75 Å². The minimum Gasteiger partial charge on any atom is -0.497 e. The second-order valence-electron chi connectivity index (χ2n) is 8.46. The van der Waals surface area contributed by atoms with Gasteiger partial charge in [0.2, 0.25) is 0 Å². The first kappa shape index (κ1) is 22.9. The van der Waals surface area contributed by atoms with Gasteiger partial charge in [-0.1, -0.05) is 24.3 Å². The third-order valence-corrected chi connectivity index (χ3v) is 6.02. The van der Waals surface area contributed by atoms with Gasteiger partial charge in [-0.05, 0) is 61.7 Å². The molecule has 1 fully saturated rings. The van der Waals surface area contributed by atoms with Crippen LogP contribution in [0.25, 0.3) is 0 Å². The molecule has 0 saturated carbocycles. The Balaban J connectivity index is 1.37. The lowest BCUT2D eigenvalue weighted by Gasteiger charge is -2.32. The van der Waals surface area contributed by atoms with Gasteiger partial charge >= 0.3 is 0 Å². The van der Waals surface area contributed by atoms with E-state index < -0.39 is 0 Å². The summed E-state index contributed by atoms with van der Waals surface area (Å²) in [7, 11) is 1.62. The number of hydrogen-bond acceptors (Lipinski definition) is 5. The first-order chi connectivity index (χ1) is 16.0. The van der Waals surface area contributed by atoms with Crippen LogP contribution in [0.15, 0.2) is 54.7 Å². The maximum atomic E-state index is 13.2. The van der Waals surface area contributed by atoms with Crippen LogP contribution in [0.3, 0.4) is 0 Å². The summed E-state index contributed by atoms with van der Waals surface area (Å²) in [5.74, 6) is 1.34. The van der Waals surface area contributed by atoms with Crippen LogP contribution in [0.1, 0.15) is 51.8 Å². The smallest absolute Gasteiger partial charge is 0.254 e. The molecule has 1 saturated heterocycles. The average Bonchev–Trinajstić information content (AvgIpc) is 2.84. The van der Waals surface area contributed by atoms with Gasteiger partial charge in [0.15, 0.2) is 0 Å². The summed E-state index contributed by atoms with van der Waals surface area (Å²) in [4.78, 5) is 24.3. The van der Waals surface area contributed by atoms with Crippen LogP contribution in [0, 0.1) is 12.7 Å². The van der Waals surface area contributed by atoms with Crippen molar-refractivity contribution in [1.29, 1.82) is 0 Å². The molecule has 1 amide bonds.